The summed E-state index contributed by atoms with van der Waals surface area (Å²) in [5, 5.41) is 0. The van der Waals surface area contributed by atoms with Crippen LogP contribution in [0.4, 0.5) is 8.78 Å². The lowest BCUT2D eigenvalue weighted by atomic mass is 9.87. The van der Waals surface area contributed by atoms with E-state index in [9.17, 15) is 13.6 Å². The maximum atomic E-state index is 12.6. The highest BCUT2D eigenvalue weighted by Crippen LogP contribution is 2.27. The van der Waals surface area contributed by atoms with Crippen LogP contribution in [-0.2, 0) is 4.79 Å². The predicted molar refractivity (Wildman–Crippen MR) is 33.2 cm³/mol. The number of carbonyl (C=O) groups excluding carboxylic acids is 1. The maximum absolute atomic E-state index is 12.6. The smallest absolute Gasteiger partial charge is 0.141 e. The average Bonchev–Trinajstić information content (AvgIpc) is 1.95. The molecule has 0 aromatic rings. The fourth-order valence-corrected chi connectivity index (χ4v) is 1.28. The third-order valence-corrected chi connectivity index (χ3v) is 1.95. The molecule has 1 aliphatic rings. The lowest BCUT2D eigenvalue weighted by Gasteiger charge is -2.24. The van der Waals surface area contributed by atoms with Crippen LogP contribution in [0.1, 0.15) is 19.3 Å². The normalized spacial score (nSPS) is 41.2. The Hall–Kier alpha value is -0.470. The zero-order valence-corrected chi connectivity index (χ0v) is 5.59. The van der Waals surface area contributed by atoms with Crippen LogP contribution in [0.3, 0.4) is 0 Å². The molecule has 3 heteroatoms. The molecule has 0 aromatic carbocycles. The van der Waals surface area contributed by atoms with Gasteiger partial charge in [-0.1, -0.05) is 0 Å². The fourth-order valence-electron chi connectivity index (χ4n) is 1.28. The molecule has 0 N–H and O–H groups in total. The van der Waals surface area contributed by atoms with Crippen molar-refractivity contribution in [3.8, 4) is 0 Å². The summed E-state index contributed by atoms with van der Waals surface area (Å²) in [5.41, 5.74) is 0. The minimum Gasteiger partial charge on any atom is -0.303 e. The molecule has 58 valence electrons. The highest BCUT2D eigenvalue weighted by Gasteiger charge is 2.32. The van der Waals surface area contributed by atoms with Crippen LogP contribution < -0.4 is 0 Å². The minimum absolute atomic E-state index is 0.269. The summed E-state index contributed by atoms with van der Waals surface area (Å²) in [6, 6.07) is 0. The number of halogens is 2. The van der Waals surface area contributed by atoms with Crippen LogP contribution >= 0.6 is 0 Å². The number of carbonyl (C=O) groups is 1. The van der Waals surface area contributed by atoms with E-state index >= 15 is 0 Å². The predicted octanol–water partition coefficient (Wildman–Crippen LogP) is 1.66. The van der Waals surface area contributed by atoms with E-state index in [0.717, 1.165) is 0 Å². The Morgan fingerprint density at radius 1 is 1.30 bits per heavy atom. The van der Waals surface area contributed by atoms with Crippen molar-refractivity contribution in [2.75, 3.05) is 0 Å². The van der Waals surface area contributed by atoms with E-state index in [1.807, 2.05) is 0 Å². The van der Waals surface area contributed by atoms with E-state index in [2.05, 4.69) is 0 Å². The van der Waals surface area contributed by atoms with Gasteiger partial charge in [-0.2, -0.15) is 0 Å². The molecule has 3 atom stereocenters. The summed E-state index contributed by atoms with van der Waals surface area (Å²) in [6.07, 6.45) is -1.03. The number of rotatable bonds is 1. The molecular formula is C7H10F2O. The highest BCUT2D eigenvalue weighted by atomic mass is 19.2. The van der Waals surface area contributed by atoms with E-state index < -0.39 is 18.3 Å². The topological polar surface area (TPSA) is 17.1 Å². The van der Waals surface area contributed by atoms with Crippen LogP contribution in [0.5, 0.6) is 0 Å². The minimum atomic E-state index is -1.55. The molecule has 0 spiro atoms. The first-order valence-electron chi connectivity index (χ1n) is 3.49. The SMILES string of the molecule is O=CC1CCC[C@@H](F)C1F. The summed E-state index contributed by atoms with van der Waals surface area (Å²) >= 11 is 0. The van der Waals surface area contributed by atoms with Crippen molar-refractivity contribution in [1.82, 2.24) is 0 Å². The molecule has 0 bridgehead atoms. The van der Waals surface area contributed by atoms with Crippen LogP contribution in [0.15, 0.2) is 0 Å². The highest BCUT2D eigenvalue weighted by molar-refractivity contribution is 5.54. The van der Waals surface area contributed by atoms with Crippen LogP contribution in [0, 0.1) is 5.92 Å². The van der Waals surface area contributed by atoms with Gasteiger partial charge in [0.1, 0.15) is 18.6 Å². The molecule has 0 radical (unpaired) electrons. The van der Waals surface area contributed by atoms with Crippen LogP contribution in [0.25, 0.3) is 0 Å². The largest absolute Gasteiger partial charge is 0.303 e. The van der Waals surface area contributed by atoms with E-state index in [1.54, 1.807) is 0 Å². The van der Waals surface area contributed by atoms with Gasteiger partial charge in [-0.15, -0.1) is 0 Å². The molecule has 1 aliphatic carbocycles. The second-order valence-electron chi connectivity index (χ2n) is 2.69. The van der Waals surface area contributed by atoms with Crippen molar-refractivity contribution < 1.29 is 13.6 Å². The maximum Gasteiger partial charge on any atom is 0.141 e. The van der Waals surface area contributed by atoms with Gasteiger partial charge >= 0.3 is 0 Å². The fraction of sp³-hybridized carbons (Fsp3) is 0.857. The van der Waals surface area contributed by atoms with Gasteiger partial charge in [0.25, 0.3) is 0 Å². The molecule has 0 saturated heterocycles. The quantitative estimate of drug-likeness (QED) is 0.517. The lowest BCUT2D eigenvalue weighted by molar-refractivity contribution is -0.115. The summed E-state index contributed by atoms with van der Waals surface area (Å²) in [5.74, 6) is -0.691. The second kappa shape index (κ2) is 3.08. The van der Waals surface area contributed by atoms with Crippen molar-refractivity contribution in [3.63, 3.8) is 0 Å². The summed E-state index contributed by atoms with van der Waals surface area (Å²) < 4.78 is 25.1. The van der Waals surface area contributed by atoms with Crippen LogP contribution in [0.2, 0.25) is 0 Å². The number of aldehydes is 1. The number of hydrogen-bond donors (Lipinski definition) is 0. The summed E-state index contributed by atoms with van der Waals surface area (Å²) in [6.45, 7) is 0. The zero-order chi connectivity index (χ0) is 7.56. The van der Waals surface area contributed by atoms with Gasteiger partial charge in [0.15, 0.2) is 0 Å². The van der Waals surface area contributed by atoms with Gasteiger partial charge in [0.05, 0.1) is 0 Å². The molecule has 1 saturated carbocycles. The van der Waals surface area contributed by atoms with Gasteiger partial charge in [-0.25, -0.2) is 8.78 Å². The van der Waals surface area contributed by atoms with Crippen molar-refractivity contribution in [2.24, 2.45) is 5.92 Å². The van der Waals surface area contributed by atoms with Crippen LogP contribution in [-0.4, -0.2) is 18.6 Å². The Morgan fingerprint density at radius 3 is 2.50 bits per heavy atom. The van der Waals surface area contributed by atoms with E-state index in [1.165, 1.54) is 0 Å². The molecule has 1 rings (SSSR count). The van der Waals surface area contributed by atoms with Gasteiger partial charge in [-0.05, 0) is 19.3 Å². The molecule has 0 heterocycles. The monoisotopic (exact) mass is 148 g/mol. The third kappa shape index (κ3) is 1.33. The van der Waals surface area contributed by atoms with Gasteiger partial charge < -0.3 is 4.79 Å². The Labute approximate surface area is 58.4 Å². The molecular weight excluding hydrogens is 138 g/mol. The third-order valence-electron chi connectivity index (χ3n) is 1.95. The molecule has 0 amide bonds. The summed E-state index contributed by atoms with van der Waals surface area (Å²) in [7, 11) is 0. The van der Waals surface area contributed by atoms with Crippen molar-refractivity contribution in [2.45, 2.75) is 31.6 Å². The number of alkyl halides is 2. The lowest BCUT2D eigenvalue weighted by Crippen LogP contribution is -2.31. The summed E-state index contributed by atoms with van der Waals surface area (Å²) in [4.78, 5) is 10.1. The first-order valence-corrected chi connectivity index (χ1v) is 3.49. The second-order valence-corrected chi connectivity index (χ2v) is 2.69. The van der Waals surface area contributed by atoms with Gasteiger partial charge in [-0.3, -0.25) is 0 Å². The Balaban J connectivity index is 2.50. The number of hydrogen-bond acceptors (Lipinski definition) is 1. The molecule has 10 heavy (non-hydrogen) atoms. The zero-order valence-electron chi connectivity index (χ0n) is 5.59. The van der Waals surface area contributed by atoms with E-state index in [4.69, 9.17) is 0 Å². The molecule has 2 unspecified atom stereocenters. The van der Waals surface area contributed by atoms with Crippen molar-refractivity contribution >= 4 is 6.29 Å². The van der Waals surface area contributed by atoms with E-state index in [-0.39, 0.29) is 6.42 Å². The average molecular weight is 148 g/mol. The Kier molecular flexibility index (Phi) is 2.35. The van der Waals surface area contributed by atoms with Gasteiger partial charge in [0.2, 0.25) is 0 Å². The molecule has 1 fully saturated rings. The molecule has 0 aromatic heterocycles. The standard InChI is InChI=1S/C7H10F2O/c8-6-3-1-2-5(4-10)7(6)9/h4-7H,1-3H2/t5?,6-,7?/m1/s1. The van der Waals surface area contributed by atoms with Gasteiger partial charge in [0, 0.05) is 5.92 Å². The van der Waals surface area contributed by atoms with Crippen molar-refractivity contribution in [3.05, 3.63) is 0 Å². The molecule has 0 aliphatic heterocycles. The Morgan fingerprint density at radius 2 is 2.00 bits per heavy atom. The van der Waals surface area contributed by atoms with Crippen molar-refractivity contribution in [1.29, 1.82) is 0 Å². The van der Waals surface area contributed by atoms with E-state index in [0.29, 0.717) is 19.1 Å². The Bertz CT molecular complexity index is 127. The first kappa shape index (κ1) is 7.63. The molecule has 1 nitrogen and oxygen atoms in total. The first-order chi connectivity index (χ1) is 4.75.